The van der Waals surface area contributed by atoms with Crippen molar-refractivity contribution in [3.63, 3.8) is 0 Å². The number of thioether (sulfide) groups is 1. The van der Waals surface area contributed by atoms with Gasteiger partial charge in [0.05, 0.1) is 37.9 Å². The fourth-order valence-corrected chi connectivity index (χ4v) is 17.3. The molecule has 7 rings (SSSR count). The van der Waals surface area contributed by atoms with E-state index in [4.69, 9.17) is 19.5 Å². The summed E-state index contributed by atoms with van der Waals surface area (Å²) in [5, 5.41) is 60.8. The van der Waals surface area contributed by atoms with Crippen molar-refractivity contribution in [1.29, 1.82) is 0 Å². The van der Waals surface area contributed by atoms with E-state index >= 15 is 0 Å². The van der Waals surface area contributed by atoms with Crippen LogP contribution >= 0.6 is 35.2 Å². The summed E-state index contributed by atoms with van der Waals surface area (Å²) in [5.74, 6) is 0.168. The Morgan fingerprint density at radius 3 is 2.35 bits per heavy atom. The summed E-state index contributed by atoms with van der Waals surface area (Å²) in [4.78, 5) is 89.9. The second kappa shape index (κ2) is 25.3. The zero-order valence-corrected chi connectivity index (χ0v) is 48.8. The van der Waals surface area contributed by atoms with Crippen molar-refractivity contribution in [2.75, 3.05) is 37.8 Å². The largest absolute Gasteiger partial charge is 0.481 e. The van der Waals surface area contributed by atoms with Crippen LogP contribution in [0.3, 0.4) is 0 Å². The van der Waals surface area contributed by atoms with E-state index in [1.165, 1.54) is 13.8 Å². The van der Waals surface area contributed by atoms with Crippen LogP contribution in [0, 0.1) is 57.7 Å². The van der Waals surface area contributed by atoms with E-state index in [9.17, 15) is 73.2 Å². The van der Waals surface area contributed by atoms with Gasteiger partial charge in [0.2, 0.25) is 11.8 Å². The third kappa shape index (κ3) is 14.7. The molecule has 5 aliphatic rings. The Bertz CT molecular complexity index is 2640. The summed E-state index contributed by atoms with van der Waals surface area (Å²) >= 11 is 1.12. The molecule has 4 saturated carbocycles. The van der Waals surface area contributed by atoms with E-state index in [1.807, 2.05) is 6.92 Å². The van der Waals surface area contributed by atoms with E-state index in [0.717, 1.165) is 80.4 Å². The van der Waals surface area contributed by atoms with Crippen LogP contribution < -0.4 is 16.4 Å². The van der Waals surface area contributed by atoms with Crippen molar-refractivity contribution in [3.8, 4) is 0 Å². The number of ether oxygens (including phenoxy) is 1. The number of hydrogen-bond donors (Lipinski definition) is 12. The number of nitrogens with zero attached hydrogens (tertiary/aromatic N) is 4. The molecule has 2 amide bonds. The fourth-order valence-electron chi connectivity index (χ4n) is 13.6. The van der Waals surface area contributed by atoms with E-state index < -0.39 is 96.8 Å². The highest BCUT2D eigenvalue weighted by Crippen LogP contribution is 2.69. The lowest BCUT2D eigenvalue weighted by molar-refractivity contribution is -0.207. The molecule has 0 bridgehead atoms. The molecule has 2 aromatic heterocycles. The number of aliphatic hydroxyl groups is 5. The van der Waals surface area contributed by atoms with Gasteiger partial charge in [0.15, 0.2) is 22.8 Å². The number of carbonyl (C=O) groups is 3. The maximum Gasteiger partial charge on any atom is 0.481 e. The Balaban J connectivity index is 0.770. The molecule has 0 aromatic carbocycles. The first-order valence-electron chi connectivity index (χ1n) is 26.9. The zero-order chi connectivity index (χ0) is 58.2. The van der Waals surface area contributed by atoms with Crippen LogP contribution in [0.1, 0.15) is 118 Å². The van der Waals surface area contributed by atoms with Gasteiger partial charge in [-0.05, 0) is 97.7 Å². The first-order chi connectivity index (χ1) is 36.8. The maximum absolute atomic E-state index is 13.1. The van der Waals surface area contributed by atoms with Gasteiger partial charge in [0, 0.05) is 36.6 Å². The lowest BCUT2D eigenvalue weighted by atomic mass is 9.43. The molecule has 2 aromatic rings. The van der Waals surface area contributed by atoms with Crippen molar-refractivity contribution in [2.45, 2.75) is 161 Å². The van der Waals surface area contributed by atoms with E-state index in [1.54, 1.807) is 0 Å². The molecule has 31 heteroatoms. The van der Waals surface area contributed by atoms with E-state index in [-0.39, 0.29) is 88.1 Å². The average Bonchev–Trinajstić information content (AvgIpc) is 3.87. The molecule has 1 aliphatic heterocycles. The first kappa shape index (κ1) is 64.0. The van der Waals surface area contributed by atoms with Crippen molar-refractivity contribution >= 4 is 69.1 Å². The molecular weight excluding hydrogens is 1120 g/mol. The minimum atomic E-state index is -5.60. The van der Waals surface area contributed by atoms with Gasteiger partial charge in [0.25, 0.3) is 0 Å². The van der Waals surface area contributed by atoms with E-state index in [2.05, 4.69) is 55.2 Å². The number of phosphoric acid groups is 3. The molecule has 19 atom stereocenters. The van der Waals surface area contributed by atoms with Crippen molar-refractivity contribution < 1.29 is 95.8 Å². The number of anilines is 1. The highest BCUT2D eigenvalue weighted by Gasteiger charge is 2.66. The molecule has 0 radical (unpaired) electrons. The predicted molar refractivity (Wildman–Crippen MR) is 283 cm³/mol. The van der Waals surface area contributed by atoms with Gasteiger partial charge in [-0.15, -0.1) is 0 Å². The number of imidazole rings is 1. The third-order valence-corrected chi connectivity index (χ3v) is 22.2. The Kier molecular flexibility index (Phi) is 20.5. The molecular formula is C48H80N7O20P3S. The number of phosphoric ester groups is 3. The van der Waals surface area contributed by atoms with Crippen molar-refractivity contribution in [1.82, 2.24) is 30.2 Å². The molecule has 13 N–H and O–H groups in total. The van der Waals surface area contributed by atoms with Crippen LogP contribution in [0.4, 0.5) is 5.82 Å². The molecule has 0 spiro atoms. The van der Waals surface area contributed by atoms with Crippen LogP contribution in [0.25, 0.3) is 11.2 Å². The first-order valence-corrected chi connectivity index (χ1v) is 32.4. The standard InChI is InChI=1S/C48H80N7O20P3S/c1-25(29-10-11-30-36-31(20-34(58)48(29,30)6)47(5)14-12-28(56)18-27(47)19-32(36)57)8-7-9-26(2)45(63)79-17-16-50-35(59)13-15-51-43(62)40(61)46(3,4)22-72-78(69,70)75-77(67,68)71-21-33-39(74-76(64,65)66)38(60)44(73-33)55-24-54-37-41(49)52-23-53-42(37)55/h23-34,36,38-40,44,56-58,60-61H,7-22H2,1-6H3,(H,50,59)(H,51,62)(H,67,68)(H,69,70)(H2,49,52,53)(H2,64,65,66)/t25-,26?,27+,28-,29-,30+,31+,32-,33-,34+,36+,38-,39-,40+,44-,47+,48-/m1/s1. The van der Waals surface area contributed by atoms with Gasteiger partial charge in [-0.1, -0.05) is 66.1 Å². The summed E-state index contributed by atoms with van der Waals surface area (Å²) < 4.78 is 62.8. The van der Waals surface area contributed by atoms with Crippen LogP contribution in [-0.2, 0) is 50.7 Å². The smallest absolute Gasteiger partial charge is 0.393 e. The van der Waals surface area contributed by atoms with Crippen molar-refractivity contribution in [3.05, 3.63) is 12.7 Å². The molecule has 1 saturated heterocycles. The van der Waals surface area contributed by atoms with Crippen molar-refractivity contribution in [2.24, 2.45) is 57.7 Å². The molecule has 3 heterocycles. The van der Waals surface area contributed by atoms with Gasteiger partial charge in [-0.25, -0.2) is 28.6 Å². The second-order valence-corrected chi connectivity index (χ2v) is 28.9. The number of fused-ring (bicyclic) bond motifs is 6. The van der Waals surface area contributed by atoms with E-state index in [0.29, 0.717) is 30.4 Å². The number of amides is 2. The number of carbonyl (C=O) groups excluding carboxylic acids is 3. The number of nitrogen functional groups attached to an aromatic ring is 1. The normalized spacial score (nSPS) is 34.6. The van der Waals surface area contributed by atoms with Gasteiger partial charge in [-0.3, -0.25) is 32.5 Å². The quantitative estimate of drug-likeness (QED) is 0.0502. The Hall–Kier alpha value is -2.56. The number of nitrogens with one attached hydrogen (secondary N) is 2. The van der Waals surface area contributed by atoms with Gasteiger partial charge < -0.3 is 66.2 Å². The number of hydrogen-bond acceptors (Lipinski definition) is 21. The monoisotopic (exact) mass is 1200 g/mol. The topological polar surface area (TPSA) is 424 Å². The highest BCUT2D eigenvalue weighted by atomic mass is 32.2. The summed E-state index contributed by atoms with van der Waals surface area (Å²) in [6, 6.07) is 0. The summed E-state index contributed by atoms with van der Waals surface area (Å²) in [5.41, 5.74) is 3.98. The Morgan fingerprint density at radius 1 is 0.937 bits per heavy atom. The predicted octanol–water partition coefficient (Wildman–Crippen LogP) is 3.07. The van der Waals surface area contributed by atoms with Gasteiger partial charge in [-0.2, -0.15) is 4.31 Å². The summed E-state index contributed by atoms with van der Waals surface area (Å²) in [7, 11) is -16.5. The summed E-state index contributed by atoms with van der Waals surface area (Å²) in [6.45, 7) is 9.17. The second-order valence-electron chi connectivity index (χ2n) is 23.6. The minimum Gasteiger partial charge on any atom is -0.393 e. The molecule has 27 nitrogen and oxygen atoms in total. The Morgan fingerprint density at radius 2 is 1.65 bits per heavy atom. The molecule has 3 unspecified atom stereocenters. The average molecular weight is 1200 g/mol. The molecule has 5 fully saturated rings. The van der Waals surface area contributed by atoms with Crippen LogP contribution in [0.15, 0.2) is 12.7 Å². The lowest BCUT2D eigenvalue weighted by Gasteiger charge is -2.63. The third-order valence-electron chi connectivity index (χ3n) is 18.0. The number of nitrogens with two attached hydrogens (primary N) is 1. The number of aliphatic hydroxyl groups excluding tert-OH is 5. The minimum absolute atomic E-state index is 0.00814. The highest BCUT2D eigenvalue weighted by molar-refractivity contribution is 8.13. The summed E-state index contributed by atoms with van der Waals surface area (Å²) in [6.07, 6.45) is 0.0812. The molecule has 79 heavy (non-hydrogen) atoms. The van der Waals surface area contributed by atoms with Gasteiger partial charge >= 0.3 is 23.5 Å². The molecule has 448 valence electrons. The Labute approximate surface area is 462 Å². The zero-order valence-electron chi connectivity index (χ0n) is 45.3. The molecule has 4 aliphatic carbocycles. The SMILES string of the molecule is CC(CCC[C@@H](C)[C@H]1CC[C@H]2[C@@H]3[C@H](O)C[C@@H]4C[C@H](O)CC[C@]4(C)[C@H]3C[C@H](O)[C@]12C)C(=O)SCCNC(=O)CCNC(=O)[C@H](O)C(C)(C)COP(=O)(O)OP(=O)(O)OC[C@H]1O[C@@H](n2cnc3c(N)ncnc32)[C@H](O)[C@@H]1OP(=O)(O)O. The van der Waals surface area contributed by atoms with Crippen LogP contribution in [0.5, 0.6) is 0 Å². The number of rotatable bonds is 25. The van der Waals surface area contributed by atoms with Crippen LogP contribution in [0.2, 0.25) is 0 Å². The van der Waals surface area contributed by atoms with Gasteiger partial charge in [0.1, 0.15) is 36.3 Å². The number of aromatic nitrogens is 4. The van der Waals surface area contributed by atoms with Crippen LogP contribution in [-0.4, -0.2) is 156 Å². The lowest BCUT2D eigenvalue weighted by Crippen LogP contribution is -2.62. The fraction of sp³-hybridized carbons (Fsp3) is 0.833. The maximum atomic E-state index is 13.1.